The Morgan fingerprint density at radius 2 is 2.00 bits per heavy atom. The van der Waals surface area contributed by atoms with Crippen molar-refractivity contribution in [1.29, 1.82) is 0 Å². The van der Waals surface area contributed by atoms with E-state index in [1.54, 1.807) is 18.2 Å². The molecular formula is C17H12BrFN4O. The fourth-order valence-electron chi connectivity index (χ4n) is 2.03. The highest BCUT2D eigenvalue weighted by molar-refractivity contribution is 9.10. The minimum absolute atomic E-state index is 0.263. The Morgan fingerprint density at radius 1 is 1.21 bits per heavy atom. The summed E-state index contributed by atoms with van der Waals surface area (Å²) in [5.74, 6) is -0.888. The molecule has 1 amide bonds. The molecule has 0 radical (unpaired) electrons. The molecule has 3 aromatic rings. The number of nitrogens with one attached hydrogen (secondary N) is 2. The van der Waals surface area contributed by atoms with Crippen LogP contribution >= 0.6 is 15.9 Å². The number of amides is 1. The van der Waals surface area contributed by atoms with Gasteiger partial charge in [0.1, 0.15) is 11.5 Å². The normalized spacial score (nSPS) is 10.9. The number of hydrogen-bond acceptors (Lipinski definition) is 3. The Bertz CT molecular complexity index is 893. The zero-order valence-corrected chi connectivity index (χ0v) is 13.9. The summed E-state index contributed by atoms with van der Waals surface area (Å²) < 4.78 is 14.3. The van der Waals surface area contributed by atoms with E-state index >= 15 is 0 Å². The molecule has 0 saturated heterocycles. The summed E-state index contributed by atoms with van der Waals surface area (Å²) in [6.45, 7) is 0. The molecule has 0 spiro atoms. The van der Waals surface area contributed by atoms with Crippen LogP contribution in [0.25, 0.3) is 11.3 Å². The van der Waals surface area contributed by atoms with Crippen molar-refractivity contribution in [1.82, 2.24) is 15.6 Å². The third-order valence-corrected chi connectivity index (χ3v) is 3.71. The molecule has 7 heteroatoms. The summed E-state index contributed by atoms with van der Waals surface area (Å²) >= 11 is 3.25. The first-order valence-corrected chi connectivity index (χ1v) is 7.82. The molecule has 1 aromatic heterocycles. The molecule has 1 heterocycles. The van der Waals surface area contributed by atoms with Crippen molar-refractivity contribution in [3.63, 3.8) is 0 Å². The van der Waals surface area contributed by atoms with E-state index in [9.17, 15) is 9.18 Å². The summed E-state index contributed by atoms with van der Waals surface area (Å²) in [5, 5.41) is 10.5. The Labute approximate surface area is 145 Å². The van der Waals surface area contributed by atoms with E-state index in [-0.39, 0.29) is 11.3 Å². The number of hydrogen-bond donors (Lipinski definition) is 2. The average Bonchev–Trinajstić information content (AvgIpc) is 3.09. The van der Waals surface area contributed by atoms with Gasteiger partial charge in [-0.2, -0.15) is 10.2 Å². The number of benzene rings is 2. The van der Waals surface area contributed by atoms with Crippen LogP contribution in [0.2, 0.25) is 0 Å². The van der Waals surface area contributed by atoms with Gasteiger partial charge in [0.15, 0.2) is 0 Å². The minimum atomic E-state index is -0.462. The molecule has 3 rings (SSSR count). The summed E-state index contributed by atoms with van der Waals surface area (Å²) in [7, 11) is 0. The highest BCUT2D eigenvalue weighted by Gasteiger charge is 2.10. The Morgan fingerprint density at radius 3 is 2.79 bits per heavy atom. The van der Waals surface area contributed by atoms with Crippen LogP contribution in [0, 0.1) is 5.82 Å². The maximum atomic E-state index is 13.6. The largest absolute Gasteiger partial charge is 0.289 e. The summed E-state index contributed by atoms with van der Waals surface area (Å²) in [6.07, 6.45) is 1.24. The van der Waals surface area contributed by atoms with Gasteiger partial charge in [0, 0.05) is 15.6 Å². The van der Waals surface area contributed by atoms with Crippen LogP contribution in [0.3, 0.4) is 0 Å². The maximum absolute atomic E-state index is 13.6. The second-order valence-electron chi connectivity index (χ2n) is 4.90. The number of hydrazone groups is 1. The monoisotopic (exact) mass is 386 g/mol. The Hall–Kier alpha value is -2.80. The third kappa shape index (κ3) is 3.75. The minimum Gasteiger partial charge on any atom is -0.272 e. The topological polar surface area (TPSA) is 70.1 Å². The van der Waals surface area contributed by atoms with Gasteiger partial charge in [-0.05, 0) is 24.3 Å². The standard InChI is InChI=1S/C17H12BrFN4O/c18-13-6-7-14(19)12(8-13)10-20-23-17(24)16-9-15(21-22-16)11-4-2-1-3-5-11/h1-10H,(H,21,22)(H,23,24)/b20-10+. The molecule has 0 aliphatic rings. The molecule has 0 unspecified atom stereocenters. The number of rotatable bonds is 4. The first-order valence-electron chi connectivity index (χ1n) is 7.03. The van der Waals surface area contributed by atoms with Crippen LogP contribution in [0.1, 0.15) is 16.1 Å². The van der Waals surface area contributed by atoms with Gasteiger partial charge in [-0.15, -0.1) is 0 Å². The van der Waals surface area contributed by atoms with E-state index < -0.39 is 11.7 Å². The lowest BCUT2D eigenvalue weighted by Crippen LogP contribution is -2.18. The molecule has 0 aliphatic carbocycles. The zero-order chi connectivity index (χ0) is 16.9. The third-order valence-electron chi connectivity index (χ3n) is 3.22. The molecule has 0 atom stereocenters. The number of carbonyl (C=O) groups excluding carboxylic acids is 1. The number of aromatic amines is 1. The molecule has 2 aromatic carbocycles. The zero-order valence-electron chi connectivity index (χ0n) is 12.3. The van der Waals surface area contributed by atoms with Gasteiger partial charge >= 0.3 is 0 Å². The predicted octanol–water partition coefficient (Wildman–Crippen LogP) is 3.74. The lowest BCUT2D eigenvalue weighted by atomic mass is 10.1. The van der Waals surface area contributed by atoms with E-state index in [0.29, 0.717) is 5.69 Å². The molecule has 0 saturated carbocycles. The first kappa shape index (κ1) is 16.1. The average molecular weight is 387 g/mol. The van der Waals surface area contributed by atoms with Crippen LogP contribution in [0.4, 0.5) is 4.39 Å². The second kappa shape index (κ2) is 7.18. The van der Waals surface area contributed by atoms with Crippen LogP contribution < -0.4 is 5.43 Å². The van der Waals surface area contributed by atoms with Crippen molar-refractivity contribution in [3.8, 4) is 11.3 Å². The number of carbonyl (C=O) groups is 1. The summed E-state index contributed by atoms with van der Waals surface area (Å²) in [5.41, 5.74) is 4.42. The predicted molar refractivity (Wildman–Crippen MR) is 93.2 cm³/mol. The van der Waals surface area contributed by atoms with E-state index in [2.05, 4.69) is 36.7 Å². The van der Waals surface area contributed by atoms with Gasteiger partial charge in [-0.3, -0.25) is 9.89 Å². The molecule has 0 bridgehead atoms. The Kier molecular flexibility index (Phi) is 4.81. The highest BCUT2D eigenvalue weighted by atomic mass is 79.9. The quantitative estimate of drug-likeness (QED) is 0.529. The van der Waals surface area contributed by atoms with Crippen LogP contribution in [-0.4, -0.2) is 22.3 Å². The molecule has 0 fully saturated rings. The fraction of sp³-hybridized carbons (Fsp3) is 0. The van der Waals surface area contributed by atoms with Crippen LogP contribution in [-0.2, 0) is 0 Å². The molecule has 24 heavy (non-hydrogen) atoms. The van der Waals surface area contributed by atoms with Gasteiger partial charge in [-0.1, -0.05) is 46.3 Å². The Balaban J connectivity index is 1.68. The molecule has 5 nitrogen and oxygen atoms in total. The van der Waals surface area contributed by atoms with Crippen molar-refractivity contribution in [2.45, 2.75) is 0 Å². The molecule has 2 N–H and O–H groups in total. The second-order valence-corrected chi connectivity index (χ2v) is 5.81. The number of halogens is 2. The molecule has 120 valence electrons. The van der Waals surface area contributed by atoms with Crippen molar-refractivity contribution in [3.05, 3.63) is 76.1 Å². The SMILES string of the molecule is O=C(N/N=C/c1cc(Br)ccc1F)c1cc(-c2ccccc2)n[nH]1. The van der Waals surface area contributed by atoms with Gasteiger partial charge in [0.25, 0.3) is 5.91 Å². The van der Waals surface area contributed by atoms with Gasteiger partial charge < -0.3 is 0 Å². The van der Waals surface area contributed by atoms with Crippen LogP contribution in [0.15, 0.2) is 64.2 Å². The van der Waals surface area contributed by atoms with Gasteiger partial charge in [0.05, 0.1) is 11.9 Å². The maximum Gasteiger partial charge on any atom is 0.289 e. The summed E-state index contributed by atoms with van der Waals surface area (Å²) in [6, 6.07) is 15.6. The summed E-state index contributed by atoms with van der Waals surface area (Å²) in [4.78, 5) is 12.0. The smallest absolute Gasteiger partial charge is 0.272 e. The van der Waals surface area contributed by atoms with E-state index in [1.165, 1.54) is 12.3 Å². The van der Waals surface area contributed by atoms with E-state index in [0.717, 1.165) is 10.0 Å². The van der Waals surface area contributed by atoms with Crippen molar-refractivity contribution < 1.29 is 9.18 Å². The van der Waals surface area contributed by atoms with Gasteiger partial charge in [-0.25, -0.2) is 9.82 Å². The van der Waals surface area contributed by atoms with Crippen molar-refractivity contribution >= 4 is 28.1 Å². The number of aromatic nitrogens is 2. The van der Waals surface area contributed by atoms with Crippen molar-refractivity contribution in [2.75, 3.05) is 0 Å². The molecule has 0 aliphatic heterocycles. The number of H-pyrrole nitrogens is 1. The number of nitrogens with zero attached hydrogens (tertiary/aromatic N) is 2. The van der Waals surface area contributed by atoms with Crippen molar-refractivity contribution in [2.24, 2.45) is 5.10 Å². The van der Waals surface area contributed by atoms with E-state index in [4.69, 9.17) is 0 Å². The first-order chi connectivity index (χ1) is 11.6. The van der Waals surface area contributed by atoms with Crippen LogP contribution in [0.5, 0.6) is 0 Å². The van der Waals surface area contributed by atoms with E-state index in [1.807, 2.05) is 30.3 Å². The lowest BCUT2D eigenvalue weighted by molar-refractivity contribution is 0.0950. The highest BCUT2D eigenvalue weighted by Crippen LogP contribution is 2.17. The fourth-order valence-corrected chi connectivity index (χ4v) is 2.41. The lowest BCUT2D eigenvalue weighted by Gasteiger charge is -1.98. The van der Waals surface area contributed by atoms with Gasteiger partial charge in [0.2, 0.25) is 0 Å². The molecular weight excluding hydrogens is 375 g/mol.